The molecule has 0 radical (unpaired) electrons. The number of nitrogens with zero attached hydrogens (tertiary/aromatic N) is 3. The number of pyridine rings is 1. The van der Waals surface area contributed by atoms with Crippen molar-refractivity contribution in [3.8, 4) is 0 Å². The van der Waals surface area contributed by atoms with Crippen molar-refractivity contribution >= 4 is 23.4 Å². The smallest absolute Gasteiger partial charge is 0.327 e. The fourth-order valence-corrected chi connectivity index (χ4v) is 3.82. The van der Waals surface area contributed by atoms with Crippen molar-refractivity contribution in [1.82, 2.24) is 19.9 Å². The molecule has 1 N–H and O–H groups in total. The molecular formula is C14H18N4O2S. The standard InChI is InChI=1S/C14H18N4O2S/c1-15-14(10-6-7-10,12(19)20-2)9-21-13-17-16-11-5-3-4-8-18(11)13/h3-5,8,10,15H,6-7,9H2,1-2H3. The summed E-state index contributed by atoms with van der Waals surface area (Å²) in [6, 6.07) is 5.77. The molecule has 21 heavy (non-hydrogen) atoms. The fourth-order valence-electron chi connectivity index (χ4n) is 2.58. The van der Waals surface area contributed by atoms with Gasteiger partial charge in [0.2, 0.25) is 0 Å². The predicted molar refractivity (Wildman–Crippen MR) is 80.2 cm³/mol. The summed E-state index contributed by atoms with van der Waals surface area (Å²) in [5.41, 5.74) is 0.166. The molecule has 112 valence electrons. The molecule has 0 aliphatic heterocycles. The summed E-state index contributed by atoms with van der Waals surface area (Å²) >= 11 is 1.53. The average molecular weight is 306 g/mol. The number of aromatic nitrogens is 3. The van der Waals surface area contributed by atoms with E-state index in [9.17, 15) is 4.79 Å². The summed E-state index contributed by atoms with van der Waals surface area (Å²) in [6.45, 7) is 0. The minimum atomic E-state index is -0.639. The van der Waals surface area contributed by atoms with Gasteiger partial charge in [0, 0.05) is 11.9 Å². The van der Waals surface area contributed by atoms with Crippen LogP contribution < -0.4 is 5.32 Å². The quantitative estimate of drug-likeness (QED) is 0.642. The normalized spacial score (nSPS) is 17.6. The Labute approximate surface area is 127 Å². The maximum absolute atomic E-state index is 12.2. The molecular weight excluding hydrogens is 288 g/mol. The third kappa shape index (κ3) is 2.51. The summed E-state index contributed by atoms with van der Waals surface area (Å²) in [4.78, 5) is 12.2. The first kappa shape index (κ1) is 14.3. The maximum Gasteiger partial charge on any atom is 0.327 e. The number of hydrogen-bond acceptors (Lipinski definition) is 6. The van der Waals surface area contributed by atoms with Gasteiger partial charge >= 0.3 is 5.97 Å². The van der Waals surface area contributed by atoms with Crippen molar-refractivity contribution in [3.05, 3.63) is 24.4 Å². The SMILES string of the molecule is CNC(CSc1nnc2ccccn12)(C(=O)OC)C1CC1. The molecule has 0 bridgehead atoms. The topological polar surface area (TPSA) is 68.5 Å². The van der Waals surface area contributed by atoms with Crippen molar-refractivity contribution in [2.75, 3.05) is 19.9 Å². The highest BCUT2D eigenvalue weighted by Gasteiger charge is 2.51. The van der Waals surface area contributed by atoms with E-state index in [-0.39, 0.29) is 5.97 Å². The number of likely N-dealkylation sites (N-methyl/N-ethyl adjacent to an activating group) is 1. The molecule has 7 heteroatoms. The lowest BCUT2D eigenvalue weighted by atomic mass is 9.96. The molecule has 1 atom stereocenters. The second-order valence-corrected chi connectivity index (χ2v) is 6.13. The summed E-state index contributed by atoms with van der Waals surface area (Å²) < 4.78 is 6.93. The number of thioether (sulfide) groups is 1. The van der Waals surface area contributed by atoms with Crippen molar-refractivity contribution in [2.45, 2.75) is 23.5 Å². The molecule has 0 amide bonds. The number of carbonyl (C=O) groups excluding carboxylic acids is 1. The summed E-state index contributed by atoms with van der Waals surface area (Å²) in [5.74, 6) is 0.715. The van der Waals surface area contributed by atoms with Crippen LogP contribution >= 0.6 is 11.8 Å². The molecule has 2 heterocycles. The first-order chi connectivity index (χ1) is 10.2. The van der Waals surface area contributed by atoms with Gasteiger partial charge < -0.3 is 10.1 Å². The van der Waals surface area contributed by atoms with Gasteiger partial charge in [-0.05, 0) is 37.9 Å². The summed E-state index contributed by atoms with van der Waals surface area (Å²) in [5, 5.41) is 12.3. The minimum absolute atomic E-state index is 0.200. The van der Waals surface area contributed by atoms with E-state index in [1.54, 1.807) is 0 Å². The highest BCUT2D eigenvalue weighted by atomic mass is 32.2. The second kappa shape index (κ2) is 5.65. The van der Waals surface area contributed by atoms with Gasteiger partial charge in [-0.2, -0.15) is 0 Å². The number of hydrogen-bond donors (Lipinski definition) is 1. The van der Waals surface area contributed by atoms with Gasteiger partial charge in [0.1, 0.15) is 5.54 Å². The van der Waals surface area contributed by atoms with Crippen LogP contribution in [0.1, 0.15) is 12.8 Å². The Bertz CT molecular complexity index is 655. The number of rotatable bonds is 6. The van der Waals surface area contributed by atoms with Crippen LogP contribution in [0.2, 0.25) is 0 Å². The number of fused-ring (bicyclic) bond motifs is 1. The largest absolute Gasteiger partial charge is 0.468 e. The molecule has 1 aliphatic rings. The minimum Gasteiger partial charge on any atom is -0.468 e. The highest BCUT2D eigenvalue weighted by molar-refractivity contribution is 7.99. The van der Waals surface area contributed by atoms with Crippen molar-refractivity contribution in [1.29, 1.82) is 0 Å². The van der Waals surface area contributed by atoms with Crippen LogP contribution in [0.25, 0.3) is 5.65 Å². The van der Waals surface area contributed by atoms with Crippen LogP contribution in [-0.4, -0.2) is 46.0 Å². The number of methoxy groups -OCH3 is 1. The lowest BCUT2D eigenvalue weighted by Gasteiger charge is -2.30. The zero-order valence-electron chi connectivity index (χ0n) is 12.1. The van der Waals surface area contributed by atoms with E-state index in [1.165, 1.54) is 18.9 Å². The van der Waals surface area contributed by atoms with Gasteiger partial charge in [-0.25, -0.2) is 0 Å². The van der Waals surface area contributed by atoms with E-state index >= 15 is 0 Å². The number of nitrogens with one attached hydrogen (secondary N) is 1. The summed E-state index contributed by atoms with van der Waals surface area (Å²) in [7, 11) is 3.26. The monoisotopic (exact) mass is 306 g/mol. The maximum atomic E-state index is 12.2. The Morgan fingerprint density at radius 3 is 3.00 bits per heavy atom. The number of carbonyl (C=O) groups is 1. The highest BCUT2D eigenvalue weighted by Crippen LogP contribution is 2.42. The molecule has 6 nitrogen and oxygen atoms in total. The number of ether oxygens (including phenoxy) is 1. The van der Waals surface area contributed by atoms with E-state index in [1.807, 2.05) is 35.8 Å². The Kier molecular flexibility index (Phi) is 3.86. The molecule has 1 saturated carbocycles. The molecule has 2 aromatic rings. The zero-order valence-corrected chi connectivity index (χ0v) is 12.9. The van der Waals surface area contributed by atoms with Crippen molar-refractivity contribution in [2.24, 2.45) is 5.92 Å². The molecule has 1 fully saturated rings. The van der Waals surface area contributed by atoms with Crippen molar-refractivity contribution < 1.29 is 9.53 Å². The van der Waals surface area contributed by atoms with E-state index in [2.05, 4.69) is 15.5 Å². The van der Waals surface area contributed by atoms with Gasteiger partial charge in [0.05, 0.1) is 7.11 Å². The Morgan fingerprint density at radius 2 is 2.33 bits per heavy atom. The molecule has 1 aliphatic carbocycles. The van der Waals surface area contributed by atoms with Gasteiger partial charge in [-0.15, -0.1) is 10.2 Å². The van der Waals surface area contributed by atoms with E-state index in [0.717, 1.165) is 23.6 Å². The van der Waals surface area contributed by atoms with Crippen molar-refractivity contribution in [3.63, 3.8) is 0 Å². The van der Waals surface area contributed by atoms with Gasteiger partial charge in [-0.3, -0.25) is 9.20 Å². The van der Waals surface area contributed by atoms with Crippen LogP contribution in [0, 0.1) is 5.92 Å². The lowest BCUT2D eigenvalue weighted by Crippen LogP contribution is -2.55. The fraction of sp³-hybridized carbons (Fsp3) is 0.500. The van der Waals surface area contributed by atoms with E-state index in [4.69, 9.17) is 4.74 Å². The van der Waals surface area contributed by atoms with Crippen LogP contribution in [0.5, 0.6) is 0 Å². The third-order valence-corrected chi connectivity index (χ3v) is 5.12. The van der Waals surface area contributed by atoms with Crippen LogP contribution in [-0.2, 0) is 9.53 Å². The average Bonchev–Trinajstić information content (AvgIpc) is 3.29. The molecule has 1 unspecified atom stereocenters. The number of esters is 1. The predicted octanol–water partition coefficient (Wildman–Crippen LogP) is 1.36. The molecule has 2 aromatic heterocycles. The van der Waals surface area contributed by atoms with Crippen LogP contribution in [0.4, 0.5) is 0 Å². The molecule has 0 spiro atoms. The third-order valence-electron chi connectivity index (χ3n) is 3.98. The molecule has 0 aromatic carbocycles. The Morgan fingerprint density at radius 1 is 1.52 bits per heavy atom. The molecule has 0 saturated heterocycles. The molecule has 3 rings (SSSR count). The summed E-state index contributed by atoms with van der Waals surface area (Å²) in [6.07, 6.45) is 4.03. The first-order valence-corrected chi connectivity index (χ1v) is 7.89. The van der Waals surface area contributed by atoms with Gasteiger partial charge in [0.15, 0.2) is 10.8 Å². The van der Waals surface area contributed by atoms with E-state index < -0.39 is 5.54 Å². The zero-order chi connectivity index (χ0) is 14.9. The van der Waals surface area contributed by atoms with Crippen LogP contribution in [0.3, 0.4) is 0 Å². The van der Waals surface area contributed by atoms with Gasteiger partial charge in [-0.1, -0.05) is 17.8 Å². The van der Waals surface area contributed by atoms with Crippen LogP contribution in [0.15, 0.2) is 29.6 Å². The first-order valence-electron chi connectivity index (χ1n) is 6.91. The second-order valence-electron chi connectivity index (χ2n) is 5.19. The van der Waals surface area contributed by atoms with Gasteiger partial charge in [0.25, 0.3) is 0 Å². The Hall–Kier alpha value is -1.60. The lowest BCUT2D eigenvalue weighted by molar-refractivity contribution is -0.148. The Balaban J connectivity index is 1.82. The van der Waals surface area contributed by atoms with E-state index in [0.29, 0.717) is 11.7 Å².